The van der Waals surface area contributed by atoms with E-state index in [9.17, 15) is 0 Å². The van der Waals surface area contributed by atoms with Crippen molar-refractivity contribution >= 4 is 0 Å². The molecule has 1 saturated heterocycles. The molecule has 1 unspecified atom stereocenters. The van der Waals surface area contributed by atoms with Gasteiger partial charge >= 0.3 is 0 Å². The lowest BCUT2D eigenvalue weighted by molar-refractivity contribution is 0.206. The van der Waals surface area contributed by atoms with E-state index in [4.69, 9.17) is 0 Å². The monoisotopic (exact) mass is 210 g/mol. The van der Waals surface area contributed by atoms with E-state index in [2.05, 4.69) is 17.6 Å². The molecule has 2 N–H and O–H groups in total. The number of nitrogens with one attached hydrogen (secondary N) is 2. The second-order valence-electron chi connectivity index (χ2n) is 5.80. The van der Waals surface area contributed by atoms with Crippen LogP contribution in [0.25, 0.3) is 0 Å². The summed E-state index contributed by atoms with van der Waals surface area (Å²) in [5, 5.41) is 7.22. The molecule has 0 aromatic heterocycles. The molecule has 0 radical (unpaired) electrons. The summed E-state index contributed by atoms with van der Waals surface area (Å²) in [7, 11) is 0. The smallest absolute Gasteiger partial charge is 0.0192 e. The maximum Gasteiger partial charge on any atom is 0.0192 e. The van der Waals surface area contributed by atoms with E-state index >= 15 is 0 Å². The third-order valence-electron chi connectivity index (χ3n) is 4.17. The summed E-state index contributed by atoms with van der Waals surface area (Å²) in [6.07, 6.45) is 9.93. The Hall–Kier alpha value is -0.0800. The summed E-state index contributed by atoms with van der Waals surface area (Å²) in [5.41, 5.74) is 0.594. The van der Waals surface area contributed by atoms with Crippen molar-refractivity contribution < 1.29 is 0 Å². The molecule has 2 nitrogen and oxygen atoms in total. The molecule has 2 aliphatic rings. The number of rotatable bonds is 4. The van der Waals surface area contributed by atoms with Gasteiger partial charge in [-0.05, 0) is 37.6 Å². The van der Waals surface area contributed by atoms with Crippen molar-refractivity contribution in [1.82, 2.24) is 10.6 Å². The average molecular weight is 210 g/mol. The maximum absolute atomic E-state index is 3.68. The van der Waals surface area contributed by atoms with Crippen LogP contribution in [0.15, 0.2) is 0 Å². The summed E-state index contributed by atoms with van der Waals surface area (Å²) in [4.78, 5) is 0. The Morgan fingerprint density at radius 2 is 2.00 bits per heavy atom. The molecule has 0 spiro atoms. The van der Waals surface area contributed by atoms with Crippen LogP contribution in [0.3, 0.4) is 0 Å². The van der Waals surface area contributed by atoms with Crippen LogP contribution in [0.1, 0.15) is 51.9 Å². The van der Waals surface area contributed by atoms with Crippen LogP contribution in [0, 0.1) is 5.41 Å². The van der Waals surface area contributed by atoms with Crippen molar-refractivity contribution in [3.05, 3.63) is 0 Å². The van der Waals surface area contributed by atoms with E-state index in [1.165, 1.54) is 64.6 Å². The standard InChI is InChI=1S/C13H26N2/c1-13(7-3-2-4-8-13)11-14-10-12-6-5-9-15-12/h12,14-15H,2-11H2,1H3. The zero-order valence-corrected chi connectivity index (χ0v) is 10.1. The lowest BCUT2D eigenvalue weighted by Crippen LogP contribution is -2.40. The first-order chi connectivity index (χ1) is 7.29. The Kier molecular flexibility index (Phi) is 4.04. The molecule has 0 bridgehead atoms. The van der Waals surface area contributed by atoms with Gasteiger partial charge in [0.2, 0.25) is 0 Å². The van der Waals surface area contributed by atoms with E-state index in [1.807, 2.05) is 0 Å². The molecular weight excluding hydrogens is 184 g/mol. The zero-order chi connectivity index (χ0) is 10.6. The summed E-state index contributed by atoms with van der Waals surface area (Å²) >= 11 is 0. The molecular formula is C13H26N2. The van der Waals surface area contributed by atoms with E-state index in [-0.39, 0.29) is 0 Å². The number of hydrogen-bond donors (Lipinski definition) is 2. The lowest BCUT2D eigenvalue weighted by atomic mass is 9.76. The Balaban J connectivity index is 1.63. The molecule has 1 heterocycles. The van der Waals surface area contributed by atoms with E-state index in [0.717, 1.165) is 6.04 Å². The molecule has 1 atom stereocenters. The van der Waals surface area contributed by atoms with Crippen molar-refractivity contribution in [2.75, 3.05) is 19.6 Å². The molecule has 1 saturated carbocycles. The van der Waals surface area contributed by atoms with Crippen LogP contribution in [-0.4, -0.2) is 25.7 Å². The zero-order valence-electron chi connectivity index (χ0n) is 10.1. The van der Waals surface area contributed by atoms with Crippen LogP contribution in [-0.2, 0) is 0 Å². The van der Waals surface area contributed by atoms with E-state index in [1.54, 1.807) is 0 Å². The van der Waals surface area contributed by atoms with Gasteiger partial charge in [0.1, 0.15) is 0 Å². The predicted octanol–water partition coefficient (Wildman–Crippen LogP) is 2.30. The highest BCUT2D eigenvalue weighted by atomic mass is 15.0. The van der Waals surface area contributed by atoms with Crippen LogP contribution in [0.2, 0.25) is 0 Å². The SMILES string of the molecule is CC1(CNCC2CCCN2)CCCCC1. The lowest BCUT2D eigenvalue weighted by Gasteiger charge is -2.34. The second-order valence-corrected chi connectivity index (χ2v) is 5.80. The molecule has 15 heavy (non-hydrogen) atoms. The van der Waals surface area contributed by atoms with Crippen molar-refractivity contribution in [1.29, 1.82) is 0 Å². The van der Waals surface area contributed by atoms with E-state index in [0.29, 0.717) is 5.41 Å². The molecule has 0 aromatic rings. The Morgan fingerprint density at radius 1 is 1.20 bits per heavy atom. The highest BCUT2D eigenvalue weighted by molar-refractivity contribution is 4.82. The Labute approximate surface area is 94.2 Å². The highest BCUT2D eigenvalue weighted by Crippen LogP contribution is 2.34. The molecule has 2 fully saturated rings. The third kappa shape index (κ3) is 3.46. The highest BCUT2D eigenvalue weighted by Gasteiger charge is 2.26. The minimum atomic E-state index is 0.594. The Morgan fingerprint density at radius 3 is 2.67 bits per heavy atom. The molecule has 88 valence electrons. The first kappa shape index (κ1) is 11.4. The Bertz CT molecular complexity index is 179. The van der Waals surface area contributed by atoms with Gasteiger partial charge in [-0.1, -0.05) is 26.2 Å². The van der Waals surface area contributed by atoms with E-state index < -0.39 is 0 Å². The van der Waals surface area contributed by atoms with Gasteiger partial charge in [-0.25, -0.2) is 0 Å². The maximum atomic E-state index is 3.68. The summed E-state index contributed by atoms with van der Waals surface area (Å²) in [6.45, 7) is 6.09. The largest absolute Gasteiger partial charge is 0.315 e. The van der Waals surface area contributed by atoms with Gasteiger partial charge < -0.3 is 10.6 Å². The van der Waals surface area contributed by atoms with Gasteiger partial charge in [-0.2, -0.15) is 0 Å². The molecule has 1 aliphatic carbocycles. The average Bonchev–Trinajstić information content (AvgIpc) is 2.71. The fraction of sp³-hybridized carbons (Fsp3) is 1.00. The first-order valence-electron chi connectivity index (χ1n) is 6.73. The topological polar surface area (TPSA) is 24.1 Å². The first-order valence-corrected chi connectivity index (χ1v) is 6.73. The van der Waals surface area contributed by atoms with Gasteiger partial charge in [0.05, 0.1) is 0 Å². The predicted molar refractivity (Wildman–Crippen MR) is 65.1 cm³/mol. The van der Waals surface area contributed by atoms with Crippen LogP contribution in [0.4, 0.5) is 0 Å². The summed E-state index contributed by atoms with van der Waals surface area (Å²) in [6, 6.07) is 0.747. The molecule has 2 heteroatoms. The third-order valence-corrected chi connectivity index (χ3v) is 4.17. The van der Waals surface area contributed by atoms with Crippen molar-refractivity contribution in [3.8, 4) is 0 Å². The molecule has 1 aliphatic heterocycles. The van der Waals surface area contributed by atoms with Crippen LogP contribution in [0.5, 0.6) is 0 Å². The fourth-order valence-electron chi connectivity index (χ4n) is 3.06. The van der Waals surface area contributed by atoms with Gasteiger partial charge in [-0.15, -0.1) is 0 Å². The van der Waals surface area contributed by atoms with Gasteiger partial charge in [0, 0.05) is 19.1 Å². The molecule has 0 amide bonds. The normalized spacial score (nSPS) is 30.6. The summed E-state index contributed by atoms with van der Waals surface area (Å²) in [5.74, 6) is 0. The fourth-order valence-corrected chi connectivity index (χ4v) is 3.06. The van der Waals surface area contributed by atoms with Gasteiger partial charge in [-0.3, -0.25) is 0 Å². The van der Waals surface area contributed by atoms with Crippen molar-refractivity contribution in [2.24, 2.45) is 5.41 Å². The van der Waals surface area contributed by atoms with Crippen LogP contribution >= 0.6 is 0 Å². The van der Waals surface area contributed by atoms with Crippen molar-refractivity contribution in [3.63, 3.8) is 0 Å². The van der Waals surface area contributed by atoms with Gasteiger partial charge in [0.15, 0.2) is 0 Å². The molecule has 0 aromatic carbocycles. The minimum Gasteiger partial charge on any atom is -0.315 e. The minimum absolute atomic E-state index is 0.594. The van der Waals surface area contributed by atoms with Crippen LogP contribution < -0.4 is 10.6 Å². The van der Waals surface area contributed by atoms with Crippen molar-refractivity contribution in [2.45, 2.75) is 57.9 Å². The quantitative estimate of drug-likeness (QED) is 0.744. The number of hydrogen-bond acceptors (Lipinski definition) is 2. The molecule has 2 rings (SSSR count). The second kappa shape index (κ2) is 5.31. The summed E-state index contributed by atoms with van der Waals surface area (Å²) < 4.78 is 0. The van der Waals surface area contributed by atoms with Gasteiger partial charge in [0.25, 0.3) is 0 Å².